The molecule has 0 bridgehead atoms. The van der Waals surface area contributed by atoms with Crippen molar-refractivity contribution in [2.45, 2.75) is 193 Å². The number of quaternary nitrogens is 1. The number of phosphoric ester groups is 1. The minimum atomic E-state index is -4.65. The first-order valence-corrected chi connectivity index (χ1v) is 22.8. The highest BCUT2D eigenvalue weighted by atomic mass is 31.2. The van der Waals surface area contributed by atoms with Crippen LogP contribution in [0.5, 0.6) is 0 Å². The standard InChI is InChI=1S/C43H82NO8P/c1-6-8-10-12-14-16-18-20-22-24-26-28-30-32-34-36-43(46)52-41(40-51-53(47,48)50-38-37-44(3,4)5)39-49-42(45)35-33-31-29-27-25-23-21-19-17-15-13-11-9-7-2/h14,16,20,22,41H,6-13,15,17-19,21,23-40H2,1-5H3/b16-14-,22-20-/t41-/m1/s1/i18D2. The van der Waals surface area contributed by atoms with Crippen LogP contribution < -0.4 is 4.89 Å². The maximum absolute atomic E-state index is 12.7. The lowest BCUT2D eigenvalue weighted by atomic mass is 10.0. The molecule has 0 aromatic heterocycles. The third-order valence-corrected chi connectivity index (χ3v) is 10.0. The number of carbonyl (C=O) groups excluding carboxylic acids is 2. The van der Waals surface area contributed by atoms with Gasteiger partial charge < -0.3 is 27.9 Å². The minimum Gasteiger partial charge on any atom is -0.756 e. The fourth-order valence-electron chi connectivity index (χ4n) is 5.65. The Kier molecular flexibility index (Phi) is 32.5. The Morgan fingerprint density at radius 3 is 1.57 bits per heavy atom. The van der Waals surface area contributed by atoms with Gasteiger partial charge in [0.15, 0.2) is 6.10 Å². The lowest BCUT2D eigenvalue weighted by molar-refractivity contribution is -0.870. The van der Waals surface area contributed by atoms with Gasteiger partial charge in [-0.2, -0.15) is 0 Å². The van der Waals surface area contributed by atoms with Gasteiger partial charge in [0.25, 0.3) is 7.82 Å². The molecule has 0 fully saturated rings. The zero-order valence-corrected chi connectivity index (χ0v) is 35.7. The molecule has 0 saturated carbocycles. The van der Waals surface area contributed by atoms with E-state index in [4.69, 9.17) is 21.3 Å². The zero-order valence-electron chi connectivity index (χ0n) is 36.8. The van der Waals surface area contributed by atoms with Crippen molar-refractivity contribution in [1.82, 2.24) is 0 Å². The van der Waals surface area contributed by atoms with Gasteiger partial charge in [0.05, 0.1) is 27.7 Å². The Labute approximate surface area is 329 Å². The van der Waals surface area contributed by atoms with E-state index in [9.17, 15) is 19.0 Å². The SMILES string of the molecule is [2H]C([2H])(/C=C\CCCCC)/C=C\CCCCCCCC(=O)O[C@H](COC(=O)CCCCCCCCCCCCCCCC)COP(=O)([O-])OCC[N+](C)(C)C. The van der Waals surface area contributed by atoms with Gasteiger partial charge >= 0.3 is 11.9 Å². The molecule has 0 amide bonds. The van der Waals surface area contributed by atoms with E-state index in [2.05, 4.69) is 13.8 Å². The number of ether oxygens (including phenoxy) is 2. The molecule has 312 valence electrons. The first-order valence-electron chi connectivity index (χ1n) is 22.3. The van der Waals surface area contributed by atoms with Crippen molar-refractivity contribution in [2.75, 3.05) is 47.5 Å². The third-order valence-electron chi connectivity index (χ3n) is 9.05. The maximum atomic E-state index is 12.7. The average molecular weight is 774 g/mol. The summed E-state index contributed by atoms with van der Waals surface area (Å²) in [5, 5.41) is 0. The fourth-order valence-corrected chi connectivity index (χ4v) is 6.38. The largest absolute Gasteiger partial charge is 0.756 e. The Morgan fingerprint density at radius 2 is 1.06 bits per heavy atom. The Hall–Kier alpha value is -1.51. The molecule has 0 spiro atoms. The summed E-state index contributed by atoms with van der Waals surface area (Å²) < 4.78 is 50.0. The van der Waals surface area contributed by atoms with E-state index in [1.807, 2.05) is 33.3 Å². The van der Waals surface area contributed by atoms with Crippen LogP contribution in [0.2, 0.25) is 0 Å². The van der Waals surface area contributed by atoms with Crippen LogP contribution in [0.4, 0.5) is 0 Å². The van der Waals surface area contributed by atoms with Gasteiger partial charge in [0.1, 0.15) is 19.8 Å². The van der Waals surface area contributed by atoms with Crippen molar-refractivity contribution >= 4 is 19.8 Å². The number of carbonyl (C=O) groups is 2. The molecule has 10 heteroatoms. The first-order chi connectivity index (χ1) is 26.2. The molecule has 0 aliphatic carbocycles. The second kappa shape index (κ2) is 36.1. The summed E-state index contributed by atoms with van der Waals surface area (Å²) >= 11 is 0. The highest BCUT2D eigenvalue weighted by molar-refractivity contribution is 7.45. The molecule has 0 aromatic rings. The van der Waals surface area contributed by atoms with Crippen LogP contribution in [-0.4, -0.2) is 70.0 Å². The van der Waals surface area contributed by atoms with Crippen LogP contribution in [0.1, 0.15) is 190 Å². The van der Waals surface area contributed by atoms with E-state index in [1.54, 1.807) is 12.2 Å². The van der Waals surface area contributed by atoms with Gasteiger partial charge in [0.2, 0.25) is 0 Å². The first kappa shape index (κ1) is 47.6. The van der Waals surface area contributed by atoms with E-state index >= 15 is 0 Å². The molecule has 53 heavy (non-hydrogen) atoms. The van der Waals surface area contributed by atoms with Gasteiger partial charge in [0, 0.05) is 15.6 Å². The molecule has 0 aliphatic heterocycles. The van der Waals surface area contributed by atoms with E-state index in [-0.39, 0.29) is 26.1 Å². The number of allylic oxidation sites excluding steroid dienone is 4. The molecule has 0 aromatic carbocycles. The maximum Gasteiger partial charge on any atom is 0.306 e. The second-order valence-electron chi connectivity index (χ2n) is 15.5. The quantitative estimate of drug-likeness (QED) is 0.0200. The molecule has 0 aliphatic rings. The molecular weight excluding hydrogens is 689 g/mol. The van der Waals surface area contributed by atoms with Crippen molar-refractivity contribution in [3.63, 3.8) is 0 Å². The molecular formula is C43H82NO8P. The van der Waals surface area contributed by atoms with Crippen molar-refractivity contribution < 1.29 is 44.8 Å². The highest BCUT2D eigenvalue weighted by Crippen LogP contribution is 2.38. The monoisotopic (exact) mass is 774 g/mol. The molecule has 0 heterocycles. The molecule has 1 unspecified atom stereocenters. The molecule has 0 radical (unpaired) electrons. The summed E-state index contributed by atoms with van der Waals surface area (Å²) in [5.74, 6) is -0.912. The predicted molar refractivity (Wildman–Crippen MR) is 218 cm³/mol. The van der Waals surface area contributed by atoms with Crippen LogP contribution in [0.25, 0.3) is 0 Å². The van der Waals surface area contributed by atoms with Gasteiger partial charge in [-0.25, -0.2) is 0 Å². The molecule has 9 nitrogen and oxygen atoms in total. The normalized spacial score (nSPS) is 14.7. The van der Waals surface area contributed by atoms with Crippen LogP contribution in [-0.2, 0) is 32.7 Å². The Balaban J connectivity index is 4.49. The number of hydrogen-bond acceptors (Lipinski definition) is 8. The average Bonchev–Trinajstić information content (AvgIpc) is 3.11. The summed E-state index contributed by atoms with van der Waals surface area (Å²) in [6.07, 6.45) is 31.5. The lowest BCUT2D eigenvalue weighted by Gasteiger charge is -2.28. The smallest absolute Gasteiger partial charge is 0.306 e. The Bertz CT molecular complexity index is 1050. The van der Waals surface area contributed by atoms with E-state index < -0.39 is 38.8 Å². The molecule has 0 saturated heterocycles. The Morgan fingerprint density at radius 1 is 0.623 bits per heavy atom. The summed E-state index contributed by atoms with van der Waals surface area (Å²) in [7, 11) is 1.10. The van der Waals surface area contributed by atoms with E-state index in [1.165, 1.54) is 70.6 Å². The van der Waals surface area contributed by atoms with E-state index in [0.717, 1.165) is 77.0 Å². The predicted octanol–water partition coefficient (Wildman–Crippen LogP) is 11.3. The van der Waals surface area contributed by atoms with Crippen LogP contribution in [0.3, 0.4) is 0 Å². The number of rotatable bonds is 39. The van der Waals surface area contributed by atoms with Crippen LogP contribution in [0.15, 0.2) is 24.3 Å². The lowest BCUT2D eigenvalue weighted by Crippen LogP contribution is -2.37. The van der Waals surface area contributed by atoms with E-state index in [0.29, 0.717) is 17.4 Å². The number of esters is 2. The second-order valence-corrected chi connectivity index (χ2v) is 16.9. The summed E-state index contributed by atoms with van der Waals surface area (Å²) in [6.45, 7) is 4.02. The molecule has 2 atom stereocenters. The molecule has 0 N–H and O–H groups in total. The highest BCUT2D eigenvalue weighted by Gasteiger charge is 2.21. The number of nitrogens with zero attached hydrogens (tertiary/aromatic N) is 1. The number of likely N-dealkylation sites (N-methyl/N-ethyl adjacent to an activating group) is 1. The third kappa shape index (κ3) is 40.0. The van der Waals surface area contributed by atoms with Gasteiger partial charge in [-0.3, -0.25) is 14.2 Å². The molecule has 0 rings (SSSR count). The van der Waals surface area contributed by atoms with Gasteiger partial charge in [-0.1, -0.05) is 154 Å². The van der Waals surface area contributed by atoms with Crippen molar-refractivity contribution in [3.05, 3.63) is 24.3 Å². The number of unbranched alkanes of at least 4 members (excludes halogenated alkanes) is 21. The van der Waals surface area contributed by atoms with Crippen molar-refractivity contribution in [1.29, 1.82) is 0 Å². The van der Waals surface area contributed by atoms with Gasteiger partial charge in [-0.05, 0) is 44.9 Å². The summed E-state index contributed by atoms with van der Waals surface area (Å²) in [4.78, 5) is 37.5. The number of phosphoric acid groups is 1. The van der Waals surface area contributed by atoms with Crippen molar-refractivity contribution in [3.8, 4) is 0 Å². The topological polar surface area (TPSA) is 111 Å². The summed E-state index contributed by atoms with van der Waals surface area (Å²) in [5.41, 5.74) is 0. The fraction of sp³-hybridized carbons (Fsp3) is 0.860. The minimum absolute atomic E-state index is 0.0506. The number of hydrogen-bond donors (Lipinski definition) is 0. The van der Waals surface area contributed by atoms with Crippen LogP contribution >= 0.6 is 7.82 Å². The summed E-state index contributed by atoms with van der Waals surface area (Å²) in [6, 6.07) is 0. The van der Waals surface area contributed by atoms with Crippen molar-refractivity contribution in [2.24, 2.45) is 0 Å². The van der Waals surface area contributed by atoms with Gasteiger partial charge in [-0.15, -0.1) is 0 Å². The zero-order chi connectivity index (χ0) is 41.1. The van der Waals surface area contributed by atoms with Crippen LogP contribution in [0, 0.1) is 0 Å².